The third-order valence-corrected chi connectivity index (χ3v) is 3.81. The number of rotatable bonds is 2. The van der Waals surface area contributed by atoms with Gasteiger partial charge in [0.25, 0.3) is 0 Å². The number of phenols is 2. The minimum Gasteiger partial charge on any atom is -0.504 e. The van der Waals surface area contributed by atoms with Gasteiger partial charge in [-0.05, 0) is 36.8 Å². The van der Waals surface area contributed by atoms with Crippen LogP contribution >= 0.6 is 0 Å². The van der Waals surface area contributed by atoms with Gasteiger partial charge in [-0.2, -0.15) is 0 Å². The molecule has 0 fully saturated rings. The number of unbranched alkanes of at least 4 members (excludes halogenated alkanes) is 2. The highest BCUT2D eigenvalue weighted by molar-refractivity contribution is 5.49. The normalized spacial score (nSPS) is 16.0. The van der Waals surface area contributed by atoms with Crippen LogP contribution < -0.4 is 0 Å². The third kappa shape index (κ3) is 7.40. The molecular weight excluding hydrogens is 260 g/mol. The van der Waals surface area contributed by atoms with E-state index in [1.165, 1.54) is 31.2 Å². The predicted octanol–water partition coefficient (Wildman–Crippen LogP) is 5.84. The molecule has 1 atom stereocenters. The SMILES string of the molecule is CC1CCc2c(ccc(O)c2O)C1.CCCC.CCCC. The molecule has 21 heavy (non-hydrogen) atoms. The van der Waals surface area contributed by atoms with Crippen molar-refractivity contribution in [3.63, 3.8) is 0 Å². The van der Waals surface area contributed by atoms with Gasteiger partial charge in [-0.1, -0.05) is 66.4 Å². The first-order chi connectivity index (χ1) is 10.0. The Morgan fingerprint density at radius 2 is 1.48 bits per heavy atom. The summed E-state index contributed by atoms with van der Waals surface area (Å²) in [6.07, 6.45) is 8.28. The molecule has 1 aliphatic carbocycles. The average Bonchev–Trinajstić information content (AvgIpc) is 2.51. The molecule has 2 heteroatoms. The Morgan fingerprint density at radius 1 is 0.952 bits per heavy atom. The molecule has 2 nitrogen and oxygen atoms in total. The Bertz CT molecular complexity index is 377. The molecule has 0 radical (unpaired) electrons. The molecule has 0 aromatic heterocycles. The molecule has 0 saturated carbocycles. The summed E-state index contributed by atoms with van der Waals surface area (Å²) < 4.78 is 0. The van der Waals surface area contributed by atoms with Gasteiger partial charge in [-0.3, -0.25) is 0 Å². The summed E-state index contributed by atoms with van der Waals surface area (Å²) in [7, 11) is 0. The van der Waals surface area contributed by atoms with Crippen molar-refractivity contribution in [1.82, 2.24) is 0 Å². The van der Waals surface area contributed by atoms with Crippen molar-refractivity contribution in [3.05, 3.63) is 23.3 Å². The van der Waals surface area contributed by atoms with Gasteiger partial charge in [0.2, 0.25) is 0 Å². The van der Waals surface area contributed by atoms with Crippen LogP contribution in [0, 0.1) is 5.92 Å². The average molecular weight is 294 g/mol. The Kier molecular flexibility index (Phi) is 10.8. The lowest BCUT2D eigenvalue weighted by Crippen LogP contribution is -2.11. The van der Waals surface area contributed by atoms with Gasteiger partial charge in [-0.15, -0.1) is 0 Å². The van der Waals surface area contributed by atoms with Gasteiger partial charge >= 0.3 is 0 Å². The van der Waals surface area contributed by atoms with E-state index >= 15 is 0 Å². The lowest BCUT2D eigenvalue weighted by molar-refractivity contribution is 0.390. The van der Waals surface area contributed by atoms with Crippen LogP contribution in [0.1, 0.15) is 77.8 Å². The van der Waals surface area contributed by atoms with Crippen LogP contribution in [-0.2, 0) is 12.8 Å². The van der Waals surface area contributed by atoms with Gasteiger partial charge in [0.1, 0.15) is 0 Å². The van der Waals surface area contributed by atoms with Crippen LogP contribution in [0.4, 0.5) is 0 Å². The van der Waals surface area contributed by atoms with E-state index in [4.69, 9.17) is 0 Å². The summed E-state index contributed by atoms with van der Waals surface area (Å²) in [5.41, 5.74) is 2.13. The molecule has 0 bridgehead atoms. The minimum absolute atomic E-state index is 0.00769. The Hall–Kier alpha value is -1.18. The van der Waals surface area contributed by atoms with E-state index < -0.39 is 0 Å². The van der Waals surface area contributed by atoms with Gasteiger partial charge < -0.3 is 10.2 Å². The molecule has 122 valence electrons. The van der Waals surface area contributed by atoms with E-state index in [1.807, 2.05) is 6.07 Å². The van der Waals surface area contributed by atoms with Crippen molar-refractivity contribution in [2.45, 2.75) is 79.6 Å². The quantitative estimate of drug-likeness (QED) is 0.673. The molecule has 2 N–H and O–H groups in total. The molecule has 1 aromatic rings. The van der Waals surface area contributed by atoms with Crippen molar-refractivity contribution < 1.29 is 10.2 Å². The van der Waals surface area contributed by atoms with E-state index in [0.717, 1.165) is 24.8 Å². The predicted molar refractivity (Wildman–Crippen MR) is 92.1 cm³/mol. The molecule has 1 unspecified atom stereocenters. The van der Waals surface area contributed by atoms with Gasteiger partial charge in [0, 0.05) is 5.56 Å². The highest BCUT2D eigenvalue weighted by atomic mass is 16.3. The molecular formula is C19H34O2. The number of fused-ring (bicyclic) bond motifs is 1. The molecule has 2 rings (SSSR count). The van der Waals surface area contributed by atoms with Crippen LogP contribution in [0.25, 0.3) is 0 Å². The zero-order chi connectivity index (χ0) is 16.3. The first-order valence-electron chi connectivity index (χ1n) is 8.54. The van der Waals surface area contributed by atoms with Crippen LogP contribution in [0.3, 0.4) is 0 Å². The van der Waals surface area contributed by atoms with Gasteiger partial charge in [-0.25, -0.2) is 0 Å². The summed E-state index contributed by atoms with van der Waals surface area (Å²) in [6.45, 7) is 10.9. The standard InChI is InChI=1S/C11H14O2.2C4H10/c1-7-2-4-9-8(6-7)3-5-10(12)11(9)13;2*1-3-4-2/h3,5,7,12-13H,2,4,6H2,1H3;2*3-4H2,1-2H3. The summed E-state index contributed by atoms with van der Waals surface area (Å²) in [4.78, 5) is 0. The number of phenolic OH excluding ortho intramolecular Hbond substituents is 2. The Balaban J connectivity index is 0.000000421. The second-order valence-electron chi connectivity index (χ2n) is 5.92. The van der Waals surface area contributed by atoms with Gasteiger partial charge in [0.15, 0.2) is 11.5 Å². The van der Waals surface area contributed by atoms with Crippen molar-refractivity contribution >= 4 is 0 Å². The Labute approximate surface area is 131 Å². The molecule has 1 aromatic carbocycles. The number of hydrogen-bond donors (Lipinski definition) is 2. The summed E-state index contributed by atoms with van der Waals surface area (Å²) >= 11 is 0. The first-order valence-corrected chi connectivity index (χ1v) is 8.54. The van der Waals surface area contributed by atoms with Crippen LogP contribution in [0.15, 0.2) is 12.1 Å². The van der Waals surface area contributed by atoms with Crippen molar-refractivity contribution in [2.75, 3.05) is 0 Å². The Morgan fingerprint density at radius 3 is 1.95 bits per heavy atom. The van der Waals surface area contributed by atoms with Gasteiger partial charge in [0.05, 0.1) is 0 Å². The smallest absolute Gasteiger partial charge is 0.160 e. The number of benzene rings is 1. The second-order valence-corrected chi connectivity index (χ2v) is 5.92. The summed E-state index contributed by atoms with van der Waals surface area (Å²) in [5, 5.41) is 18.9. The second kappa shape index (κ2) is 11.5. The zero-order valence-electron chi connectivity index (χ0n) is 14.6. The highest BCUT2D eigenvalue weighted by Crippen LogP contribution is 2.36. The molecule has 0 spiro atoms. The number of hydrogen-bond acceptors (Lipinski definition) is 2. The summed E-state index contributed by atoms with van der Waals surface area (Å²) in [5.74, 6) is 0.786. The lowest BCUT2D eigenvalue weighted by atomic mass is 9.84. The monoisotopic (exact) mass is 294 g/mol. The minimum atomic E-state index is 0.00769. The maximum atomic E-state index is 9.58. The fraction of sp³-hybridized carbons (Fsp3) is 0.684. The van der Waals surface area contributed by atoms with Crippen LogP contribution in [0.2, 0.25) is 0 Å². The largest absolute Gasteiger partial charge is 0.504 e. The highest BCUT2D eigenvalue weighted by Gasteiger charge is 2.19. The maximum absolute atomic E-state index is 9.58. The molecule has 0 aliphatic heterocycles. The fourth-order valence-electron chi connectivity index (χ4n) is 2.00. The van der Waals surface area contributed by atoms with Crippen LogP contribution in [-0.4, -0.2) is 10.2 Å². The topological polar surface area (TPSA) is 40.5 Å². The van der Waals surface area contributed by atoms with Crippen molar-refractivity contribution in [1.29, 1.82) is 0 Å². The fourth-order valence-corrected chi connectivity index (χ4v) is 2.00. The van der Waals surface area contributed by atoms with Crippen LogP contribution in [0.5, 0.6) is 11.5 Å². The van der Waals surface area contributed by atoms with Crippen molar-refractivity contribution in [2.24, 2.45) is 5.92 Å². The third-order valence-electron chi connectivity index (χ3n) is 3.81. The van der Waals surface area contributed by atoms with E-state index in [2.05, 4.69) is 34.6 Å². The first kappa shape index (κ1) is 19.8. The molecule has 1 aliphatic rings. The zero-order valence-corrected chi connectivity index (χ0v) is 14.6. The molecule has 0 amide bonds. The molecule has 0 heterocycles. The van der Waals surface area contributed by atoms with E-state index in [0.29, 0.717) is 5.92 Å². The summed E-state index contributed by atoms with van der Waals surface area (Å²) in [6, 6.07) is 3.49. The van der Waals surface area contributed by atoms with E-state index in [9.17, 15) is 10.2 Å². The molecule has 0 saturated heterocycles. The van der Waals surface area contributed by atoms with E-state index in [-0.39, 0.29) is 11.5 Å². The lowest BCUT2D eigenvalue weighted by Gasteiger charge is -2.22. The number of aromatic hydroxyl groups is 2. The van der Waals surface area contributed by atoms with E-state index in [1.54, 1.807) is 6.07 Å². The van der Waals surface area contributed by atoms with Crippen molar-refractivity contribution in [3.8, 4) is 11.5 Å². The maximum Gasteiger partial charge on any atom is 0.160 e.